The summed E-state index contributed by atoms with van der Waals surface area (Å²) in [7, 11) is 1.22. The van der Waals surface area contributed by atoms with Gasteiger partial charge >= 0.3 is 5.97 Å². The molecule has 0 aromatic heterocycles. The molecule has 98 valence electrons. The number of esters is 1. The molecule has 0 fully saturated rings. The van der Waals surface area contributed by atoms with Gasteiger partial charge in [-0.05, 0) is 24.3 Å². The van der Waals surface area contributed by atoms with Crippen LogP contribution < -0.4 is 0 Å². The third-order valence-electron chi connectivity index (χ3n) is 2.51. The summed E-state index contributed by atoms with van der Waals surface area (Å²) in [5, 5.41) is 0. The van der Waals surface area contributed by atoms with Crippen molar-refractivity contribution in [2.24, 2.45) is 0 Å². The van der Waals surface area contributed by atoms with Crippen molar-refractivity contribution in [1.82, 2.24) is 0 Å². The topological polar surface area (TPSA) is 49.4 Å². The maximum Gasteiger partial charge on any atom is 0.343 e. The van der Waals surface area contributed by atoms with Crippen LogP contribution in [0.25, 0.3) is 0 Å². The predicted molar refractivity (Wildman–Crippen MR) is 68.9 cm³/mol. The molecule has 0 aliphatic rings. The molecule has 0 bridgehead atoms. The van der Waals surface area contributed by atoms with Crippen molar-refractivity contribution in [3.05, 3.63) is 59.9 Å². The van der Waals surface area contributed by atoms with Crippen LogP contribution in [0.4, 0.5) is 4.39 Å². The highest BCUT2D eigenvalue weighted by Crippen LogP contribution is 2.25. The predicted octanol–water partition coefficient (Wildman–Crippen LogP) is 2.78. The summed E-state index contributed by atoms with van der Waals surface area (Å²) in [6.45, 7) is 0. The molecule has 3 nitrogen and oxygen atoms in total. The lowest BCUT2D eigenvalue weighted by atomic mass is 10.2. The fraction of sp³-hybridized carbons (Fsp3) is 0.0714. The number of hydrogen-bond donors (Lipinski definition) is 0. The van der Waals surface area contributed by atoms with Crippen molar-refractivity contribution in [1.29, 1.82) is 0 Å². The molecule has 0 saturated heterocycles. The number of carbonyl (C=O) groups excluding carboxylic acids is 1. The molecule has 0 spiro atoms. The molecule has 0 aliphatic heterocycles. The number of ether oxygens (including phenoxy) is 1. The van der Waals surface area contributed by atoms with Crippen molar-refractivity contribution in [2.45, 2.75) is 9.79 Å². The summed E-state index contributed by atoms with van der Waals surface area (Å²) >= 11 is -1.63. The summed E-state index contributed by atoms with van der Waals surface area (Å²) < 4.78 is 30.3. The summed E-state index contributed by atoms with van der Waals surface area (Å²) in [5.74, 6) is -1.19. The highest BCUT2D eigenvalue weighted by molar-refractivity contribution is 7.91. The molecule has 2 aromatic carbocycles. The van der Waals surface area contributed by atoms with Crippen molar-refractivity contribution < 1.29 is 18.5 Å². The number of hydrogen-bond acceptors (Lipinski definition) is 3. The van der Waals surface area contributed by atoms with E-state index in [1.807, 2.05) is 0 Å². The Hall–Kier alpha value is -1.85. The lowest BCUT2D eigenvalue weighted by Gasteiger charge is -2.12. The average Bonchev–Trinajstić information content (AvgIpc) is 2.46. The van der Waals surface area contributed by atoms with Gasteiger partial charge in [-0.1, -0.05) is 18.2 Å². The largest absolute Gasteiger partial charge is 0.606 e. The van der Waals surface area contributed by atoms with Gasteiger partial charge in [0, 0.05) is 17.2 Å². The van der Waals surface area contributed by atoms with Crippen LogP contribution >= 0.6 is 0 Å². The molecular formula is C14H11FO3S. The van der Waals surface area contributed by atoms with Crippen LogP contribution in [0, 0.1) is 5.82 Å². The van der Waals surface area contributed by atoms with Crippen LogP contribution in [0.15, 0.2) is 58.3 Å². The Bertz CT molecular complexity index is 586. The van der Waals surface area contributed by atoms with Gasteiger partial charge in [0.25, 0.3) is 0 Å². The van der Waals surface area contributed by atoms with Gasteiger partial charge in [-0.3, -0.25) is 0 Å². The Morgan fingerprint density at radius 2 is 1.89 bits per heavy atom. The van der Waals surface area contributed by atoms with E-state index in [4.69, 9.17) is 0 Å². The van der Waals surface area contributed by atoms with Gasteiger partial charge in [0.15, 0.2) is 9.79 Å². The second-order valence-corrected chi connectivity index (χ2v) is 5.16. The lowest BCUT2D eigenvalue weighted by Crippen LogP contribution is -2.11. The second kappa shape index (κ2) is 5.86. The van der Waals surface area contributed by atoms with E-state index in [1.165, 1.54) is 13.2 Å². The minimum Gasteiger partial charge on any atom is -0.606 e. The van der Waals surface area contributed by atoms with E-state index >= 15 is 0 Å². The van der Waals surface area contributed by atoms with Crippen molar-refractivity contribution >= 4 is 17.1 Å². The molecule has 0 aliphatic carbocycles. The number of benzene rings is 2. The molecule has 2 rings (SSSR count). The molecule has 0 heterocycles. The first kappa shape index (κ1) is 13.6. The van der Waals surface area contributed by atoms with Gasteiger partial charge in [-0.15, -0.1) is 0 Å². The standard InChI is InChI=1S/C14H11FO3S/c1-18-14(16)12-8-7-10(15)9-13(12)19(17)11-5-3-2-4-6-11/h2-9H,1H3. The van der Waals surface area contributed by atoms with E-state index < -0.39 is 23.0 Å². The second-order valence-electron chi connectivity index (χ2n) is 3.71. The zero-order chi connectivity index (χ0) is 13.8. The molecular weight excluding hydrogens is 267 g/mol. The Kier molecular flexibility index (Phi) is 4.19. The van der Waals surface area contributed by atoms with Gasteiger partial charge in [-0.25, -0.2) is 9.18 Å². The van der Waals surface area contributed by atoms with Crippen LogP contribution in [0.2, 0.25) is 0 Å². The Morgan fingerprint density at radius 1 is 1.21 bits per heavy atom. The van der Waals surface area contributed by atoms with Crippen LogP contribution in [-0.4, -0.2) is 17.6 Å². The minimum absolute atomic E-state index is 0.103. The smallest absolute Gasteiger partial charge is 0.343 e. The number of halogens is 1. The molecule has 0 saturated carbocycles. The van der Waals surface area contributed by atoms with E-state index in [0.717, 1.165) is 12.1 Å². The molecule has 2 aromatic rings. The summed E-state index contributed by atoms with van der Waals surface area (Å²) in [6.07, 6.45) is 0. The number of rotatable bonds is 3. The normalized spacial score (nSPS) is 11.9. The highest BCUT2D eigenvalue weighted by atomic mass is 32.2. The van der Waals surface area contributed by atoms with Crippen molar-refractivity contribution in [2.75, 3.05) is 7.11 Å². The third kappa shape index (κ3) is 2.94. The molecule has 1 atom stereocenters. The Labute approximate surface area is 113 Å². The molecule has 0 radical (unpaired) electrons. The Balaban J connectivity index is 2.49. The third-order valence-corrected chi connectivity index (χ3v) is 3.94. The van der Waals surface area contributed by atoms with Gasteiger partial charge in [0.1, 0.15) is 11.4 Å². The van der Waals surface area contributed by atoms with Crippen molar-refractivity contribution in [3.8, 4) is 0 Å². The van der Waals surface area contributed by atoms with Gasteiger partial charge < -0.3 is 9.29 Å². The summed E-state index contributed by atoms with van der Waals surface area (Å²) in [4.78, 5) is 12.2. The first-order chi connectivity index (χ1) is 9.13. The van der Waals surface area contributed by atoms with Gasteiger partial charge in [-0.2, -0.15) is 0 Å². The molecule has 0 N–H and O–H groups in total. The van der Waals surface area contributed by atoms with Crippen molar-refractivity contribution in [3.63, 3.8) is 0 Å². The zero-order valence-electron chi connectivity index (χ0n) is 10.1. The molecule has 19 heavy (non-hydrogen) atoms. The fourth-order valence-corrected chi connectivity index (χ4v) is 2.83. The lowest BCUT2D eigenvalue weighted by molar-refractivity contribution is 0.0596. The van der Waals surface area contributed by atoms with Gasteiger partial charge in [0.05, 0.1) is 7.11 Å². The van der Waals surface area contributed by atoms with E-state index in [9.17, 15) is 13.7 Å². The first-order valence-electron chi connectivity index (χ1n) is 5.48. The zero-order valence-corrected chi connectivity index (χ0v) is 10.9. The first-order valence-corrected chi connectivity index (χ1v) is 6.63. The molecule has 0 amide bonds. The van der Waals surface area contributed by atoms with E-state index in [2.05, 4.69) is 4.74 Å². The maximum absolute atomic E-state index is 13.3. The number of methoxy groups -OCH3 is 1. The molecule has 5 heteroatoms. The fourth-order valence-electron chi connectivity index (χ4n) is 1.60. The van der Waals surface area contributed by atoms with E-state index in [-0.39, 0.29) is 10.5 Å². The van der Waals surface area contributed by atoms with Crippen LogP contribution in [0.3, 0.4) is 0 Å². The number of carbonyl (C=O) groups is 1. The SMILES string of the molecule is COC(=O)c1ccc(F)cc1[S+]([O-])c1ccccc1. The summed E-state index contributed by atoms with van der Waals surface area (Å²) in [6, 6.07) is 12.1. The highest BCUT2D eigenvalue weighted by Gasteiger charge is 2.24. The maximum atomic E-state index is 13.3. The van der Waals surface area contributed by atoms with Crippen LogP contribution in [0.5, 0.6) is 0 Å². The summed E-state index contributed by atoms with van der Waals surface area (Å²) in [5.41, 5.74) is 0.103. The van der Waals surface area contributed by atoms with E-state index in [0.29, 0.717) is 4.90 Å². The minimum atomic E-state index is -1.63. The monoisotopic (exact) mass is 278 g/mol. The van der Waals surface area contributed by atoms with E-state index in [1.54, 1.807) is 30.3 Å². The quantitative estimate of drug-likeness (QED) is 0.640. The van der Waals surface area contributed by atoms with Crippen LogP contribution in [-0.2, 0) is 15.9 Å². The Morgan fingerprint density at radius 3 is 2.53 bits per heavy atom. The average molecular weight is 278 g/mol. The molecule has 1 unspecified atom stereocenters. The van der Waals surface area contributed by atoms with Crippen LogP contribution in [0.1, 0.15) is 10.4 Å². The van der Waals surface area contributed by atoms with Gasteiger partial charge in [0.2, 0.25) is 0 Å².